The molecule has 2 aromatic carbocycles. The van der Waals surface area contributed by atoms with Crippen LogP contribution in [-0.4, -0.2) is 34.9 Å². The van der Waals surface area contributed by atoms with Crippen molar-refractivity contribution < 1.29 is 4.74 Å². The topological polar surface area (TPSA) is 63.2 Å². The van der Waals surface area contributed by atoms with Crippen LogP contribution in [0.3, 0.4) is 0 Å². The van der Waals surface area contributed by atoms with E-state index in [9.17, 15) is 0 Å². The number of nitrogens with one attached hydrogen (secondary N) is 1. The van der Waals surface area contributed by atoms with Gasteiger partial charge in [0.05, 0.1) is 13.3 Å². The van der Waals surface area contributed by atoms with Gasteiger partial charge in [-0.05, 0) is 43.5 Å². The van der Waals surface area contributed by atoms with Crippen molar-refractivity contribution in [1.82, 2.24) is 15.2 Å². The quantitative estimate of drug-likeness (QED) is 0.609. The van der Waals surface area contributed by atoms with E-state index in [1.807, 2.05) is 24.3 Å². The summed E-state index contributed by atoms with van der Waals surface area (Å²) in [4.78, 5) is 6.89. The molecular weight excluding hydrogens is 350 g/mol. The number of benzene rings is 2. The van der Waals surface area contributed by atoms with Gasteiger partial charge in [0.25, 0.3) is 0 Å². The van der Waals surface area contributed by atoms with Gasteiger partial charge in [0, 0.05) is 19.1 Å². The first-order valence-corrected chi connectivity index (χ1v) is 9.53. The van der Waals surface area contributed by atoms with Crippen LogP contribution in [0.15, 0.2) is 60.8 Å². The van der Waals surface area contributed by atoms with E-state index >= 15 is 0 Å². The lowest BCUT2D eigenvalue weighted by atomic mass is 10.1. The Bertz CT molecular complexity index is 870. The van der Waals surface area contributed by atoms with Crippen LogP contribution in [0.5, 0.6) is 5.75 Å². The summed E-state index contributed by atoms with van der Waals surface area (Å²) < 4.78 is 5.27. The number of ether oxygens (including phenoxy) is 1. The molecule has 3 aromatic rings. The molecule has 0 aliphatic heterocycles. The van der Waals surface area contributed by atoms with Gasteiger partial charge in [-0.15, -0.1) is 5.10 Å². The van der Waals surface area contributed by atoms with E-state index in [2.05, 4.69) is 69.6 Å². The molecule has 3 rings (SSSR count). The van der Waals surface area contributed by atoms with Crippen LogP contribution >= 0.6 is 0 Å². The number of methoxy groups -OCH3 is 1. The minimum atomic E-state index is 0.293. The van der Waals surface area contributed by atoms with E-state index in [-0.39, 0.29) is 0 Å². The highest BCUT2D eigenvalue weighted by atomic mass is 16.5. The highest BCUT2D eigenvalue weighted by molar-refractivity contribution is 5.42. The second-order valence-corrected chi connectivity index (χ2v) is 6.87. The second kappa shape index (κ2) is 9.69. The molecule has 0 aliphatic carbocycles. The molecule has 1 aromatic heterocycles. The molecule has 0 unspecified atom stereocenters. The summed E-state index contributed by atoms with van der Waals surface area (Å²) in [5.41, 5.74) is 2.44. The zero-order chi connectivity index (χ0) is 19.8. The highest BCUT2D eigenvalue weighted by Crippen LogP contribution is 2.18. The van der Waals surface area contributed by atoms with E-state index in [0.717, 1.165) is 31.1 Å². The number of aromatic nitrogens is 3. The highest BCUT2D eigenvalue weighted by Gasteiger charge is 2.14. The lowest BCUT2D eigenvalue weighted by Gasteiger charge is -2.27. The number of hydrogen-bond acceptors (Lipinski definition) is 6. The summed E-state index contributed by atoms with van der Waals surface area (Å²) in [5.74, 6) is 2.22. The fourth-order valence-corrected chi connectivity index (χ4v) is 2.96. The molecule has 0 atom stereocenters. The number of hydrogen-bond donors (Lipinski definition) is 1. The smallest absolute Gasteiger partial charge is 0.244 e. The summed E-state index contributed by atoms with van der Waals surface area (Å²) in [5, 5.41) is 11.6. The maximum absolute atomic E-state index is 5.27. The molecule has 6 heteroatoms. The van der Waals surface area contributed by atoms with Gasteiger partial charge >= 0.3 is 0 Å². The van der Waals surface area contributed by atoms with Crippen molar-refractivity contribution in [3.8, 4) is 5.75 Å². The van der Waals surface area contributed by atoms with Crippen LogP contribution in [0.25, 0.3) is 0 Å². The van der Waals surface area contributed by atoms with E-state index in [4.69, 9.17) is 4.74 Å². The van der Waals surface area contributed by atoms with Crippen molar-refractivity contribution in [1.29, 1.82) is 0 Å². The van der Waals surface area contributed by atoms with Crippen molar-refractivity contribution in [2.45, 2.75) is 32.9 Å². The third-order valence-corrected chi connectivity index (χ3v) is 4.49. The molecule has 0 radical (unpaired) electrons. The molecule has 1 N–H and O–H groups in total. The van der Waals surface area contributed by atoms with E-state index in [1.54, 1.807) is 13.3 Å². The molecule has 28 heavy (non-hydrogen) atoms. The van der Waals surface area contributed by atoms with Gasteiger partial charge in [0.15, 0.2) is 5.82 Å². The minimum absolute atomic E-state index is 0.293. The van der Waals surface area contributed by atoms with Gasteiger partial charge in [-0.3, -0.25) is 0 Å². The Balaban J connectivity index is 1.64. The molecule has 0 saturated heterocycles. The van der Waals surface area contributed by atoms with Crippen molar-refractivity contribution >= 4 is 11.8 Å². The molecule has 6 nitrogen and oxygen atoms in total. The van der Waals surface area contributed by atoms with Crippen molar-refractivity contribution in [2.75, 3.05) is 23.9 Å². The Kier molecular flexibility index (Phi) is 6.78. The van der Waals surface area contributed by atoms with Crippen LogP contribution in [-0.2, 0) is 13.0 Å². The predicted octanol–water partition coefficient (Wildman–Crippen LogP) is 3.95. The molecule has 0 amide bonds. The Morgan fingerprint density at radius 1 is 1.04 bits per heavy atom. The molecule has 0 bridgehead atoms. The van der Waals surface area contributed by atoms with E-state index < -0.39 is 0 Å². The molecule has 0 fully saturated rings. The summed E-state index contributed by atoms with van der Waals surface area (Å²) in [6.45, 7) is 5.81. The average molecular weight is 377 g/mol. The first-order valence-electron chi connectivity index (χ1n) is 9.53. The van der Waals surface area contributed by atoms with Gasteiger partial charge in [-0.1, -0.05) is 42.5 Å². The van der Waals surface area contributed by atoms with Gasteiger partial charge in [-0.25, -0.2) is 0 Å². The SMILES string of the molecule is COc1cccc(CCNc2nncc(N(Cc3ccccc3)C(C)C)n2)c1. The van der Waals surface area contributed by atoms with E-state index in [1.165, 1.54) is 11.1 Å². The second-order valence-electron chi connectivity index (χ2n) is 6.87. The third-order valence-electron chi connectivity index (χ3n) is 4.49. The normalized spacial score (nSPS) is 10.7. The number of anilines is 2. The number of rotatable bonds is 9. The largest absolute Gasteiger partial charge is 0.497 e. The van der Waals surface area contributed by atoms with Crippen molar-refractivity contribution in [2.24, 2.45) is 0 Å². The van der Waals surface area contributed by atoms with Gasteiger partial charge < -0.3 is 15.0 Å². The third kappa shape index (κ3) is 5.42. The Labute approximate surface area is 166 Å². The van der Waals surface area contributed by atoms with Crippen LogP contribution in [0.4, 0.5) is 11.8 Å². The molecule has 146 valence electrons. The summed E-state index contributed by atoms with van der Waals surface area (Å²) in [6, 6.07) is 18.7. The summed E-state index contributed by atoms with van der Waals surface area (Å²) in [6.07, 6.45) is 2.57. The van der Waals surface area contributed by atoms with Gasteiger partial charge in [0.2, 0.25) is 5.95 Å². The first kappa shape index (κ1) is 19.6. The Hall–Kier alpha value is -3.15. The molecule has 0 spiro atoms. The average Bonchev–Trinajstić information content (AvgIpc) is 2.73. The zero-order valence-electron chi connectivity index (χ0n) is 16.7. The van der Waals surface area contributed by atoms with E-state index in [0.29, 0.717) is 12.0 Å². The lowest BCUT2D eigenvalue weighted by Crippen LogP contribution is -2.31. The summed E-state index contributed by atoms with van der Waals surface area (Å²) >= 11 is 0. The zero-order valence-corrected chi connectivity index (χ0v) is 16.7. The summed E-state index contributed by atoms with van der Waals surface area (Å²) in [7, 11) is 1.68. The van der Waals surface area contributed by atoms with Gasteiger partial charge in [-0.2, -0.15) is 10.1 Å². The maximum atomic E-state index is 5.27. The van der Waals surface area contributed by atoms with Gasteiger partial charge in [0.1, 0.15) is 5.75 Å². The standard InChI is InChI=1S/C22H27N5O/c1-17(2)27(16-19-8-5-4-6-9-19)21-15-24-26-22(25-21)23-13-12-18-10-7-11-20(14-18)28-3/h4-11,14-15,17H,12-13,16H2,1-3H3,(H,23,25,26). The Morgan fingerprint density at radius 2 is 1.82 bits per heavy atom. The van der Waals surface area contributed by atoms with Crippen molar-refractivity contribution in [3.63, 3.8) is 0 Å². The molecule has 1 heterocycles. The van der Waals surface area contributed by atoms with Crippen LogP contribution in [0, 0.1) is 0 Å². The predicted molar refractivity (Wildman–Crippen MR) is 113 cm³/mol. The molecular formula is C22H27N5O. The fourth-order valence-electron chi connectivity index (χ4n) is 2.96. The lowest BCUT2D eigenvalue weighted by molar-refractivity contribution is 0.414. The first-order chi connectivity index (χ1) is 13.7. The van der Waals surface area contributed by atoms with Crippen LogP contribution in [0.1, 0.15) is 25.0 Å². The maximum Gasteiger partial charge on any atom is 0.244 e. The monoisotopic (exact) mass is 377 g/mol. The number of nitrogens with zero attached hydrogens (tertiary/aromatic N) is 4. The fraction of sp³-hybridized carbons (Fsp3) is 0.318. The van der Waals surface area contributed by atoms with Crippen LogP contribution < -0.4 is 15.0 Å². The minimum Gasteiger partial charge on any atom is -0.497 e. The molecule has 0 aliphatic rings. The van der Waals surface area contributed by atoms with Crippen molar-refractivity contribution in [3.05, 3.63) is 71.9 Å². The Morgan fingerprint density at radius 3 is 2.57 bits per heavy atom. The van der Waals surface area contributed by atoms with Crippen LogP contribution in [0.2, 0.25) is 0 Å². The molecule has 0 saturated carbocycles.